The fraction of sp³-hybridized carbons (Fsp3) is 0.190. The van der Waals surface area contributed by atoms with E-state index in [-0.39, 0.29) is 22.6 Å². The maximum Gasteiger partial charge on any atom is 0.267 e. The standard InChI is InChI=1S/C28H27N9O2.2C28H25N7O3/c1-17(31-24-23(20(29)14-16-30-24)25-33-35-36(4)34-25)26-32-21-12-8-9-18(13-15-28(2,3)39)22(21)27(38)37(26)19-10-6-5-7-11-19;1-16(36)12-13-19-8-7-11-22-23(19)28(37)35(20-9-5-4-6-10-20)27(33-22)17(2)31-25-24(21(29)14-15-30-25)26-32-18(3)38-34-26;1-16(36)12-13-19-8-7-11-22-23(19)28(37)35(20-9-5-4-6-10-20)26(33-22)17(2)31-25-24(21(29)14-15-30-25)27-32-18(3)34-38-27/h5-12,14,16-17,39H,1-4H3,(H3,29,30,31);2*4-11,14-17,36H,1-3H3,(H3,29,30,31)/t17-;2*16?,17-/m000/s1. The van der Waals surface area contributed by atoms with Crippen molar-refractivity contribution in [3.05, 3.63) is 259 Å². The van der Waals surface area contributed by atoms with Crippen LogP contribution in [0.15, 0.2) is 206 Å². The quantitative estimate of drug-likeness (QED) is 0.0431. The van der Waals surface area contributed by atoms with Gasteiger partial charge in [0.1, 0.15) is 58.3 Å². The molecule has 0 aliphatic carbocycles. The van der Waals surface area contributed by atoms with Crippen molar-refractivity contribution in [2.24, 2.45) is 7.05 Å². The van der Waals surface area contributed by atoms with Gasteiger partial charge in [-0.1, -0.05) is 119 Å². The molecule has 9 aromatic heterocycles. The molecule has 0 bridgehead atoms. The second-order valence-corrected chi connectivity index (χ2v) is 27.0. The highest BCUT2D eigenvalue weighted by Crippen LogP contribution is 2.37. The van der Waals surface area contributed by atoms with Gasteiger partial charge in [-0.05, 0) is 152 Å². The summed E-state index contributed by atoms with van der Waals surface area (Å²) in [6.45, 7) is 15.3. The number of benzene rings is 6. The third kappa shape index (κ3) is 17.3. The van der Waals surface area contributed by atoms with Crippen LogP contribution < -0.4 is 49.8 Å². The minimum Gasteiger partial charge on any atom is -0.398 e. The van der Waals surface area contributed by atoms with Crippen LogP contribution in [0.2, 0.25) is 0 Å². The molecule has 0 aliphatic heterocycles. The van der Waals surface area contributed by atoms with E-state index in [9.17, 15) is 29.7 Å². The van der Waals surface area contributed by atoms with Crippen molar-refractivity contribution < 1.29 is 24.4 Å². The van der Waals surface area contributed by atoms with Gasteiger partial charge in [0.25, 0.3) is 22.6 Å². The van der Waals surface area contributed by atoms with Crippen LogP contribution in [0.25, 0.3) is 84.0 Å². The highest BCUT2D eigenvalue weighted by molar-refractivity contribution is 5.89. The second-order valence-electron chi connectivity index (χ2n) is 27.0. The molecule has 5 atom stereocenters. The average molecular weight is 1540 g/mol. The van der Waals surface area contributed by atoms with Gasteiger partial charge in [0.15, 0.2) is 5.82 Å². The lowest BCUT2D eigenvalue weighted by atomic mass is 10.1. The molecular formula is C84H77N23O8. The number of anilines is 6. The Hall–Kier alpha value is -15.1. The van der Waals surface area contributed by atoms with Crippen LogP contribution in [0.5, 0.6) is 0 Å². The number of aliphatic hydroxyl groups is 3. The topological polar surface area (TPSA) is 440 Å². The normalized spacial score (nSPS) is 12.4. The summed E-state index contributed by atoms with van der Waals surface area (Å²) >= 11 is 0. The van der Waals surface area contributed by atoms with Crippen LogP contribution in [-0.4, -0.2) is 117 Å². The molecular weight excluding hydrogens is 1460 g/mol. The third-order valence-electron chi connectivity index (χ3n) is 17.5. The van der Waals surface area contributed by atoms with Crippen molar-refractivity contribution in [1.82, 2.24) is 84.1 Å². The zero-order valence-corrected chi connectivity index (χ0v) is 63.9. The molecule has 6 aromatic carbocycles. The Balaban J connectivity index is 0.000000150. The first kappa shape index (κ1) is 78.0. The molecule has 15 rings (SSSR count). The van der Waals surface area contributed by atoms with Crippen molar-refractivity contribution in [2.75, 3.05) is 33.2 Å². The number of nitrogens with one attached hydrogen (secondary N) is 3. The SMILES string of the molecule is C[C@H](Nc1nccc(N)c1-c1nnn(C)n1)c1nc2cccc(C#CC(C)(C)O)c2c(=O)n1-c1ccccc1.Cc1nc(-c2c(N)ccnc2N[C@@H](C)c2nc3cccc(C#CC(C)O)c3c(=O)n2-c2ccccc2)no1.Cc1noc(-c2c(N)ccnc2N[C@@H](C)c2nc3cccc(C#CC(C)O)c3c(=O)n2-c2ccccc2)n1. The first-order valence-corrected chi connectivity index (χ1v) is 36.2. The predicted molar refractivity (Wildman–Crippen MR) is 438 cm³/mol. The number of nitrogen functional groups attached to an aromatic ring is 3. The molecule has 115 heavy (non-hydrogen) atoms. The first-order chi connectivity index (χ1) is 55.3. The van der Waals surface area contributed by atoms with Crippen molar-refractivity contribution in [2.45, 2.75) is 98.2 Å². The van der Waals surface area contributed by atoms with Crippen LogP contribution in [0, 0.1) is 49.4 Å². The van der Waals surface area contributed by atoms with E-state index in [1.807, 2.05) is 112 Å². The lowest BCUT2D eigenvalue weighted by molar-refractivity contribution is 0.143. The van der Waals surface area contributed by atoms with Gasteiger partial charge in [-0.25, -0.2) is 29.9 Å². The van der Waals surface area contributed by atoms with E-state index in [0.29, 0.717) is 159 Å². The largest absolute Gasteiger partial charge is 0.398 e. The molecule has 2 unspecified atom stereocenters. The molecule has 0 saturated carbocycles. The number of fused-ring (bicyclic) bond motifs is 3. The van der Waals surface area contributed by atoms with E-state index in [4.69, 9.17) is 41.2 Å². The molecule has 12 N–H and O–H groups in total. The van der Waals surface area contributed by atoms with Crippen LogP contribution in [0.3, 0.4) is 0 Å². The Labute approximate surface area is 657 Å². The average Bonchev–Trinajstić information content (AvgIpc) is 0.851. The fourth-order valence-corrected chi connectivity index (χ4v) is 12.4. The Bertz CT molecular complexity index is 6280. The highest BCUT2D eigenvalue weighted by atomic mass is 16.5. The Morgan fingerprint density at radius 1 is 0.461 bits per heavy atom. The summed E-state index contributed by atoms with van der Waals surface area (Å²) in [5.74, 6) is 21.3. The van der Waals surface area contributed by atoms with E-state index in [1.165, 1.54) is 4.80 Å². The molecule has 31 nitrogen and oxygen atoms in total. The van der Waals surface area contributed by atoms with E-state index in [1.54, 1.807) is 154 Å². The smallest absolute Gasteiger partial charge is 0.267 e. The third-order valence-corrected chi connectivity index (χ3v) is 17.5. The molecule has 0 spiro atoms. The molecule has 9 heterocycles. The number of aromatic nitrogens is 17. The van der Waals surface area contributed by atoms with E-state index < -0.39 is 35.9 Å². The lowest BCUT2D eigenvalue weighted by Crippen LogP contribution is -2.28. The number of nitrogens with two attached hydrogens (primary N) is 3. The molecule has 31 heteroatoms. The van der Waals surface area contributed by atoms with Crippen molar-refractivity contribution >= 4 is 67.2 Å². The number of rotatable bonds is 15. The fourth-order valence-electron chi connectivity index (χ4n) is 12.4. The first-order valence-electron chi connectivity index (χ1n) is 36.2. The molecule has 576 valence electrons. The number of aryl methyl sites for hydroxylation is 3. The monoisotopic (exact) mass is 1540 g/mol. The minimum atomic E-state index is -1.22. The summed E-state index contributed by atoms with van der Waals surface area (Å²) in [7, 11) is 1.66. The highest BCUT2D eigenvalue weighted by Gasteiger charge is 2.28. The van der Waals surface area contributed by atoms with Gasteiger partial charge >= 0.3 is 0 Å². The maximum atomic E-state index is 14.1. The predicted octanol–water partition coefficient (Wildman–Crippen LogP) is 10.1. The number of pyridine rings is 3. The summed E-state index contributed by atoms with van der Waals surface area (Å²) in [6, 6.07) is 47.1. The van der Waals surface area contributed by atoms with E-state index in [0.717, 1.165) is 0 Å². The number of hydrogen-bond donors (Lipinski definition) is 9. The summed E-state index contributed by atoms with van der Waals surface area (Å²) in [5.41, 5.74) is 24.3. The van der Waals surface area contributed by atoms with Gasteiger partial charge in [-0.15, -0.1) is 10.2 Å². The van der Waals surface area contributed by atoms with Crippen molar-refractivity contribution in [3.63, 3.8) is 0 Å². The van der Waals surface area contributed by atoms with E-state index in [2.05, 4.69) is 102 Å². The second kappa shape index (κ2) is 33.6. The summed E-state index contributed by atoms with van der Waals surface area (Å²) in [5, 5.41) is 60.7. The number of tetrazole rings is 1. The minimum absolute atomic E-state index is 0.232. The van der Waals surface area contributed by atoms with Gasteiger partial charge < -0.3 is 57.5 Å². The van der Waals surface area contributed by atoms with Crippen LogP contribution in [0.1, 0.15) is 112 Å². The number of para-hydroxylation sites is 3. The Morgan fingerprint density at radius 2 is 0.843 bits per heavy atom. The van der Waals surface area contributed by atoms with Crippen LogP contribution >= 0.6 is 0 Å². The van der Waals surface area contributed by atoms with Gasteiger partial charge in [0.05, 0.1) is 86.1 Å². The summed E-state index contributed by atoms with van der Waals surface area (Å²) in [6.07, 6.45) is 3.06. The van der Waals surface area contributed by atoms with Crippen molar-refractivity contribution in [3.8, 4) is 86.8 Å². The zero-order valence-electron chi connectivity index (χ0n) is 63.9. The maximum absolute atomic E-state index is 14.1. The number of aliphatic hydroxyl groups excluding tert-OH is 2. The van der Waals surface area contributed by atoms with Gasteiger partial charge in [-0.3, -0.25) is 28.1 Å². The van der Waals surface area contributed by atoms with Gasteiger partial charge in [-0.2, -0.15) is 14.8 Å². The molecule has 0 saturated heterocycles. The summed E-state index contributed by atoms with van der Waals surface area (Å²) in [4.78, 5) is 80.1. The molecule has 15 aromatic rings. The molecule has 0 amide bonds. The van der Waals surface area contributed by atoms with E-state index >= 15 is 0 Å². The molecule has 0 aliphatic rings. The summed E-state index contributed by atoms with van der Waals surface area (Å²) < 4.78 is 15.2. The number of hydrogen-bond acceptors (Lipinski definition) is 27. The van der Waals surface area contributed by atoms with Crippen molar-refractivity contribution in [1.29, 1.82) is 0 Å². The lowest BCUT2D eigenvalue weighted by Gasteiger charge is -2.21. The van der Waals surface area contributed by atoms with Gasteiger partial charge in [0.2, 0.25) is 17.5 Å². The molecule has 0 fully saturated rings. The van der Waals surface area contributed by atoms with Crippen LogP contribution in [0.4, 0.5) is 34.5 Å². The van der Waals surface area contributed by atoms with Gasteiger partial charge in [0, 0.05) is 59.3 Å². The zero-order chi connectivity index (χ0) is 81.4. The Morgan fingerprint density at radius 3 is 1.19 bits per heavy atom. The van der Waals surface area contributed by atoms with Crippen LogP contribution in [-0.2, 0) is 7.05 Å². The molecule has 0 radical (unpaired) electrons. The Kier molecular flexibility index (Phi) is 22.8. The number of nitrogens with zero attached hydrogens (tertiary/aromatic N) is 17.